The molecule has 0 spiro atoms. The summed E-state index contributed by atoms with van der Waals surface area (Å²) in [5.41, 5.74) is -0.355. The van der Waals surface area contributed by atoms with Gasteiger partial charge in [-0.25, -0.2) is 17.5 Å². The smallest absolute Gasteiger partial charge is 0.215 e. The number of benzene rings is 2. The highest BCUT2D eigenvalue weighted by Crippen LogP contribution is 2.19. The molecular weight excluding hydrogens is 305 g/mol. The topological polar surface area (TPSA) is 66.4 Å². The molecule has 0 aliphatic heterocycles. The summed E-state index contributed by atoms with van der Waals surface area (Å²) >= 11 is 0. The third-order valence-electron chi connectivity index (χ3n) is 3.28. The van der Waals surface area contributed by atoms with Crippen molar-refractivity contribution >= 4 is 10.0 Å². The number of halogens is 1. The van der Waals surface area contributed by atoms with E-state index < -0.39 is 21.4 Å². The first-order chi connectivity index (χ1) is 10.3. The number of sulfonamides is 1. The second-order valence-electron chi connectivity index (χ2n) is 5.35. The van der Waals surface area contributed by atoms with E-state index in [2.05, 4.69) is 4.72 Å². The van der Waals surface area contributed by atoms with Crippen molar-refractivity contribution in [3.63, 3.8) is 0 Å². The highest BCUT2D eigenvalue weighted by Gasteiger charge is 2.25. The minimum absolute atomic E-state index is 0.158. The van der Waals surface area contributed by atoms with E-state index in [0.717, 1.165) is 0 Å². The first-order valence-electron chi connectivity index (χ1n) is 6.78. The molecule has 0 amide bonds. The fraction of sp³-hybridized carbons (Fsp3) is 0.250. The molecule has 2 aromatic rings. The van der Waals surface area contributed by atoms with Gasteiger partial charge in [0.05, 0.1) is 5.75 Å². The van der Waals surface area contributed by atoms with Crippen molar-refractivity contribution in [3.05, 3.63) is 71.5 Å². The van der Waals surface area contributed by atoms with Crippen molar-refractivity contribution in [2.45, 2.75) is 18.3 Å². The summed E-state index contributed by atoms with van der Waals surface area (Å²) < 4.78 is 39.5. The van der Waals surface area contributed by atoms with Gasteiger partial charge in [0.15, 0.2) is 0 Å². The quantitative estimate of drug-likeness (QED) is 0.856. The summed E-state index contributed by atoms with van der Waals surface area (Å²) in [6.45, 7) is 1.38. The molecular formula is C16H18FNO3S. The van der Waals surface area contributed by atoms with Crippen LogP contribution in [0.1, 0.15) is 18.1 Å². The zero-order valence-electron chi connectivity index (χ0n) is 12.2. The van der Waals surface area contributed by atoms with Gasteiger partial charge in [0.25, 0.3) is 0 Å². The largest absolute Gasteiger partial charge is 0.384 e. The summed E-state index contributed by atoms with van der Waals surface area (Å²) in [5.74, 6) is -0.820. The second-order valence-corrected chi connectivity index (χ2v) is 7.16. The summed E-state index contributed by atoms with van der Waals surface area (Å²) in [4.78, 5) is 0. The molecule has 6 heteroatoms. The number of nitrogens with one attached hydrogen (secondary N) is 1. The van der Waals surface area contributed by atoms with Crippen LogP contribution >= 0.6 is 0 Å². The van der Waals surface area contributed by atoms with Crippen molar-refractivity contribution in [1.29, 1.82) is 0 Å². The summed E-state index contributed by atoms with van der Waals surface area (Å²) in [5, 5.41) is 10.4. The normalized spacial score (nSPS) is 14.5. The summed E-state index contributed by atoms with van der Waals surface area (Å²) in [6, 6.07) is 14.2. The molecule has 0 aliphatic rings. The van der Waals surface area contributed by atoms with E-state index in [1.165, 1.54) is 31.2 Å². The number of rotatable bonds is 6. The van der Waals surface area contributed by atoms with E-state index in [0.29, 0.717) is 11.1 Å². The van der Waals surface area contributed by atoms with Crippen molar-refractivity contribution in [2.75, 3.05) is 6.54 Å². The Labute approximate surface area is 129 Å². The predicted molar refractivity (Wildman–Crippen MR) is 83.0 cm³/mol. The summed E-state index contributed by atoms with van der Waals surface area (Å²) in [6.07, 6.45) is 0. The van der Waals surface area contributed by atoms with Gasteiger partial charge in [-0.2, -0.15) is 0 Å². The highest BCUT2D eigenvalue weighted by atomic mass is 32.2. The van der Waals surface area contributed by atoms with Crippen LogP contribution in [0.15, 0.2) is 54.6 Å². The van der Waals surface area contributed by atoms with Gasteiger partial charge < -0.3 is 5.11 Å². The van der Waals surface area contributed by atoms with E-state index in [-0.39, 0.29) is 12.3 Å². The third kappa shape index (κ3) is 4.62. The van der Waals surface area contributed by atoms with Gasteiger partial charge in [0.1, 0.15) is 11.4 Å². The lowest BCUT2D eigenvalue weighted by Crippen LogP contribution is -2.39. The lowest BCUT2D eigenvalue weighted by molar-refractivity contribution is 0.0627. The third-order valence-corrected chi connectivity index (χ3v) is 4.58. The van der Waals surface area contributed by atoms with E-state index in [1.807, 2.05) is 6.07 Å². The minimum atomic E-state index is -3.67. The highest BCUT2D eigenvalue weighted by molar-refractivity contribution is 7.88. The zero-order chi connectivity index (χ0) is 16.2. The van der Waals surface area contributed by atoms with Crippen molar-refractivity contribution in [3.8, 4) is 0 Å². The molecule has 118 valence electrons. The van der Waals surface area contributed by atoms with E-state index in [1.54, 1.807) is 24.3 Å². The molecule has 2 rings (SSSR count). The molecule has 0 radical (unpaired) electrons. The molecule has 0 fully saturated rings. The molecule has 22 heavy (non-hydrogen) atoms. The van der Waals surface area contributed by atoms with Crippen LogP contribution in [0.2, 0.25) is 0 Å². The molecule has 0 saturated heterocycles. The molecule has 0 aromatic heterocycles. The lowest BCUT2D eigenvalue weighted by atomic mass is 9.97. The van der Waals surface area contributed by atoms with Gasteiger partial charge in [-0.15, -0.1) is 0 Å². The molecule has 1 atom stereocenters. The lowest BCUT2D eigenvalue weighted by Gasteiger charge is -2.24. The molecule has 0 heterocycles. The maximum atomic E-state index is 13.1. The van der Waals surface area contributed by atoms with Gasteiger partial charge in [-0.3, -0.25) is 0 Å². The predicted octanol–water partition coefficient (Wildman–Crippen LogP) is 2.15. The van der Waals surface area contributed by atoms with Gasteiger partial charge in [-0.1, -0.05) is 42.5 Å². The van der Waals surface area contributed by atoms with Crippen molar-refractivity contribution in [1.82, 2.24) is 4.72 Å². The Balaban J connectivity index is 2.03. The van der Waals surface area contributed by atoms with Crippen LogP contribution in [0.25, 0.3) is 0 Å². The average Bonchev–Trinajstić information content (AvgIpc) is 2.46. The maximum Gasteiger partial charge on any atom is 0.215 e. The average molecular weight is 323 g/mol. The minimum Gasteiger partial charge on any atom is -0.384 e. The Kier molecular flexibility index (Phi) is 4.95. The van der Waals surface area contributed by atoms with E-state index >= 15 is 0 Å². The Morgan fingerprint density at radius 3 is 2.45 bits per heavy atom. The fourth-order valence-corrected chi connectivity index (χ4v) is 3.27. The van der Waals surface area contributed by atoms with Gasteiger partial charge >= 0.3 is 0 Å². The molecule has 2 N–H and O–H groups in total. The zero-order valence-corrected chi connectivity index (χ0v) is 13.0. The summed E-state index contributed by atoms with van der Waals surface area (Å²) in [7, 11) is -3.67. The van der Waals surface area contributed by atoms with E-state index in [4.69, 9.17) is 0 Å². The Hall–Kier alpha value is -1.76. The van der Waals surface area contributed by atoms with Crippen LogP contribution in [0.4, 0.5) is 4.39 Å². The van der Waals surface area contributed by atoms with Crippen LogP contribution in [0, 0.1) is 5.82 Å². The molecule has 0 bridgehead atoms. The maximum absolute atomic E-state index is 13.1. The second kappa shape index (κ2) is 6.56. The van der Waals surface area contributed by atoms with Gasteiger partial charge in [-0.05, 0) is 30.2 Å². The van der Waals surface area contributed by atoms with Crippen LogP contribution in [-0.2, 0) is 21.4 Å². The van der Waals surface area contributed by atoms with Crippen LogP contribution in [0.3, 0.4) is 0 Å². The van der Waals surface area contributed by atoms with Gasteiger partial charge in [0.2, 0.25) is 10.0 Å². The monoisotopic (exact) mass is 323 g/mol. The van der Waals surface area contributed by atoms with Crippen LogP contribution in [-0.4, -0.2) is 20.1 Å². The fourth-order valence-electron chi connectivity index (χ4n) is 2.05. The van der Waals surface area contributed by atoms with Gasteiger partial charge in [0, 0.05) is 6.54 Å². The molecule has 0 aliphatic carbocycles. The Morgan fingerprint density at radius 2 is 1.82 bits per heavy atom. The first kappa shape index (κ1) is 16.6. The molecule has 1 unspecified atom stereocenters. The van der Waals surface area contributed by atoms with Crippen LogP contribution in [0.5, 0.6) is 0 Å². The van der Waals surface area contributed by atoms with Crippen LogP contribution < -0.4 is 4.72 Å². The molecule has 4 nitrogen and oxygen atoms in total. The number of hydrogen-bond donors (Lipinski definition) is 2. The van der Waals surface area contributed by atoms with Crippen molar-refractivity contribution in [2.24, 2.45) is 0 Å². The van der Waals surface area contributed by atoms with Crippen molar-refractivity contribution < 1.29 is 17.9 Å². The number of hydrogen-bond acceptors (Lipinski definition) is 3. The standard InChI is InChI=1S/C16H18FNO3S/c1-16(19,14-7-3-2-4-8-14)12-18-22(20,21)11-13-6-5-9-15(17)10-13/h2-10,18-19H,11-12H2,1H3. The first-order valence-corrected chi connectivity index (χ1v) is 8.43. The molecule has 0 saturated carbocycles. The van der Waals surface area contributed by atoms with E-state index in [9.17, 15) is 17.9 Å². The number of aliphatic hydroxyl groups is 1. The SMILES string of the molecule is CC(O)(CNS(=O)(=O)Cc1cccc(F)c1)c1ccccc1. The Morgan fingerprint density at radius 1 is 1.14 bits per heavy atom. The molecule has 2 aromatic carbocycles. The Bertz CT molecular complexity index is 730.